The molecule has 1 aliphatic rings. The van der Waals surface area contributed by atoms with Crippen LogP contribution in [0.3, 0.4) is 0 Å². The highest BCUT2D eigenvalue weighted by atomic mass is 16.2. The maximum Gasteiger partial charge on any atom is 0.277 e. The van der Waals surface area contributed by atoms with Crippen LogP contribution < -0.4 is 16.0 Å². The van der Waals surface area contributed by atoms with Gasteiger partial charge in [-0.2, -0.15) is 10.4 Å². The lowest BCUT2D eigenvalue weighted by Gasteiger charge is -2.28. The first-order valence-corrected chi connectivity index (χ1v) is 11.6. The maximum absolute atomic E-state index is 13.4. The monoisotopic (exact) mass is 476 g/mol. The summed E-state index contributed by atoms with van der Waals surface area (Å²) in [6.07, 6.45) is 2.17. The molecule has 0 radical (unpaired) electrons. The minimum Gasteiger partial charge on any atom is -0.326 e. The van der Waals surface area contributed by atoms with Crippen molar-refractivity contribution in [2.24, 2.45) is 5.73 Å². The third kappa shape index (κ3) is 4.48. The smallest absolute Gasteiger partial charge is 0.277 e. The van der Waals surface area contributed by atoms with Crippen LogP contribution >= 0.6 is 0 Å². The molecule has 0 unspecified atom stereocenters. The van der Waals surface area contributed by atoms with E-state index >= 15 is 0 Å². The number of hydrogen-bond donors (Lipinski definition) is 2. The predicted molar refractivity (Wildman–Crippen MR) is 137 cm³/mol. The maximum atomic E-state index is 13.4. The topological polar surface area (TPSA) is 117 Å². The molecule has 8 heteroatoms. The number of nitrogens with one attached hydrogen (secondary N) is 1. The summed E-state index contributed by atoms with van der Waals surface area (Å²) in [6.45, 7) is 1.42. The number of benzene rings is 3. The van der Waals surface area contributed by atoms with Gasteiger partial charge < -0.3 is 16.0 Å². The Morgan fingerprint density at radius 1 is 1.03 bits per heavy atom. The number of nitrogens with two attached hydrogens (primary N) is 1. The number of nitrogens with zero attached hydrogens (tertiary/aromatic N) is 4. The summed E-state index contributed by atoms with van der Waals surface area (Å²) in [6, 6.07) is 24.6. The molecule has 5 rings (SSSR count). The van der Waals surface area contributed by atoms with Gasteiger partial charge in [0.05, 0.1) is 29.9 Å². The van der Waals surface area contributed by atoms with E-state index in [0.29, 0.717) is 30.9 Å². The van der Waals surface area contributed by atoms with Gasteiger partial charge in [-0.25, -0.2) is 0 Å². The molecule has 178 valence electrons. The molecule has 2 heterocycles. The molecular formula is C28H24N6O2. The van der Waals surface area contributed by atoms with Crippen molar-refractivity contribution in [1.29, 1.82) is 5.26 Å². The zero-order chi connectivity index (χ0) is 25.1. The molecule has 2 amide bonds. The lowest BCUT2D eigenvalue weighted by Crippen LogP contribution is -2.41. The highest BCUT2D eigenvalue weighted by Gasteiger charge is 2.32. The van der Waals surface area contributed by atoms with Gasteiger partial charge in [0.1, 0.15) is 5.69 Å². The molecular weight excluding hydrogens is 452 g/mol. The molecule has 36 heavy (non-hydrogen) atoms. The highest BCUT2D eigenvalue weighted by molar-refractivity contribution is 6.15. The Morgan fingerprint density at radius 2 is 1.81 bits per heavy atom. The summed E-state index contributed by atoms with van der Waals surface area (Å²) in [5.41, 5.74) is 11.4. The van der Waals surface area contributed by atoms with Crippen LogP contribution in [0.25, 0.3) is 0 Å². The van der Waals surface area contributed by atoms with Gasteiger partial charge in [-0.3, -0.25) is 14.3 Å². The second-order valence-electron chi connectivity index (χ2n) is 8.55. The minimum atomic E-state index is -0.449. The standard InChI is InChI=1S/C28H24N6O2/c29-16-20-4-3-7-23(15-20)32-27(35)25-18-31-34-13-12-33(28(36)26(25)34)24-10-8-19(9-11-24)14-21-5-1-2-6-22(21)17-30/h1-11,15,18H,12-14,17,30H2,(H,32,35). The lowest BCUT2D eigenvalue weighted by molar-refractivity contribution is 0.0947. The van der Waals surface area contributed by atoms with Crippen molar-refractivity contribution in [2.45, 2.75) is 19.5 Å². The summed E-state index contributed by atoms with van der Waals surface area (Å²) in [4.78, 5) is 28.1. The zero-order valence-corrected chi connectivity index (χ0v) is 19.5. The van der Waals surface area contributed by atoms with Crippen LogP contribution in [-0.4, -0.2) is 28.1 Å². The third-order valence-corrected chi connectivity index (χ3v) is 6.30. The Bertz CT molecular complexity index is 1480. The molecule has 3 N–H and O–H groups in total. The van der Waals surface area contributed by atoms with Crippen molar-refractivity contribution in [3.63, 3.8) is 0 Å². The molecule has 0 spiro atoms. The van der Waals surface area contributed by atoms with Gasteiger partial charge in [-0.15, -0.1) is 0 Å². The Kier molecular flexibility index (Phi) is 6.31. The quantitative estimate of drug-likeness (QED) is 0.440. The second kappa shape index (κ2) is 9.86. The van der Waals surface area contributed by atoms with E-state index in [4.69, 9.17) is 11.0 Å². The van der Waals surface area contributed by atoms with Gasteiger partial charge in [-0.05, 0) is 53.4 Å². The van der Waals surface area contributed by atoms with Crippen molar-refractivity contribution < 1.29 is 9.59 Å². The molecule has 0 atom stereocenters. The third-order valence-electron chi connectivity index (χ3n) is 6.30. The Hall–Kier alpha value is -4.74. The number of nitriles is 1. The molecule has 0 saturated carbocycles. The summed E-state index contributed by atoms with van der Waals surface area (Å²) < 4.78 is 1.57. The molecule has 0 aliphatic carbocycles. The van der Waals surface area contributed by atoms with Crippen LogP contribution in [0.15, 0.2) is 79.0 Å². The summed E-state index contributed by atoms with van der Waals surface area (Å²) in [7, 11) is 0. The van der Waals surface area contributed by atoms with Crippen molar-refractivity contribution >= 4 is 23.2 Å². The largest absolute Gasteiger partial charge is 0.326 e. The van der Waals surface area contributed by atoms with Crippen LogP contribution in [0, 0.1) is 11.3 Å². The number of rotatable bonds is 6. The molecule has 1 aliphatic heterocycles. The Balaban J connectivity index is 1.35. The number of fused-ring (bicyclic) bond motifs is 1. The first kappa shape index (κ1) is 23.0. The van der Waals surface area contributed by atoms with Gasteiger partial charge in [0.2, 0.25) is 0 Å². The van der Waals surface area contributed by atoms with Crippen molar-refractivity contribution in [3.05, 3.63) is 113 Å². The number of aromatic nitrogens is 2. The van der Waals surface area contributed by atoms with Gasteiger partial charge in [0.15, 0.2) is 0 Å². The zero-order valence-electron chi connectivity index (χ0n) is 19.5. The van der Waals surface area contributed by atoms with Crippen molar-refractivity contribution in [2.75, 3.05) is 16.8 Å². The fourth-order valence-corrected chi connectivity index (χ4v) is 4.42. The molecule has 0 fully saturated rings. The molecule has 8 nitrogen and oxygen atoms in total. The van der Waals surface area contributed by atoms with Crippen molar-refractivity contribution in [3.8, 4) is 6.07 Å². The first-order valence-electron chi connectivity index (χ1n) is 11.6. The fourth-order valence-electron chi connectivity index (χ4n) is 4.42. The van der Waals surface area contributed by atoms with Crippen LogP contribution in [0.1, 0.15) is 43.1 Å². The number of carbonyl (C=O) groups is 2. The van der Waals surface area contributed by atoms with Crippen LogP contribution in [0.5, 0.6) is 0 Å². The van der Waals surface area contributed by atoms with E-state index in [0.717, 1.165) is 23.2 Å². The van der Waals surface area contributed by atoms with Gasteiger partial charge in [0, 0.05) is 24.5 Å². The van der Waals surface area contributed by atoms with Gasteiger partial charge in [-0.1, -0.05) is 42.5 Å². The number of carbonyl (C=O) groups excluding carboxylic acids is 2. The normalized spacial score (nSPS) is 12.7. The number of anilines is 2. The van der Waals surface area contributed by atoms with E-state index in [9.17, 15) is 9.59 Å². The van der Waals surface area contributed by atoms with E-state index in [-0.39, 0.29) is 17.2 Å². The fraction of sp³-hybridized carbons (Fsp3) is 0.143. The molecule has 0 saturated heterocycles. The average Bonchev–Trinajstić information content (AvgIpc) is 3.35. The Labute approximate surface area is 208 Å². The SMILES string of the molecule is N#Cc1cccc(NC(=O)c2cnn3c2C(=O)N(c2ccc(Cc4ccccc4CN)cc2)CC3)c1. The van der Waals surface area contributed by atoms with Crippen LogP contribution in [-0.2, 0) is 19.5 Å². The molecule has 4 aromatic rings. The predicted octanol–water partition coefficient (Wildman–Crippen LogP) is 3.72. The molecule has 0 bridgehead atoms. The van der Waals surface area contributed by atoms with Gasteiger partial charge >= 0.3 is 0 Å². The first-order chi connectivity index (χ1) is 17.6. The highest BCUT2D eigenvalue weighted by Crippen LogP contribution is 2.25. The van der Waals surface area contributed by atoms with Crippen LogP contribution in [0.4, 0.5) is 11.4 Å². The Morgan fingerprint density at radius 3 is 2.56 bits per heavy atom. The summed E-state index contributed by atoms with van der Waals surface area (Å²) in [5, 5.41) is 16.1. The van der Waals surface area contributed by atoms with Crippen molar-refractivity contribution in [1.82, 2.24) is 9.78 Å². The average molecular weight is 477 g/mol. The second-order valence-corrected chi connectivity index (χ2v) is 8.55. The number of hydrogen-bond acceptors (Lipinski definition) is 5. The van der Waals surface area contributed by atoms with Crippen LogP contribution in [0.2, 0.25) is 0 Å². The molecule has 3 aromatic carbocycles. The van der Waals surface area contributed by atoms with Gasteiger partial charge in [0.25, 0.3) is 11.8 Å². The lowest BCUT2D eigenvalue weighted by atomic mass is 9.99. The molecule has 1 aromatic heterocycles. The summed E-state index contributed by atoms with van der Waals surface area (Å²) >= 11 is 0. The van der Waals surface area contributed by atoms with E-state index < -0.39 is 5.91 Å². The van der Waals surface area contributed by atoms with E-state index in [1.54, 1.807) is 33.8 Å². The van der Waals surface area contributed by atoms with E-state index in [2.05, 4.69) is 16.5 Å². The minimum absolute atomic E-state index is 0.196. The number of amides is 2. The summed E-state index contributed by atoms with van der Waals surface area (Å²) in [5.74, 6) is -0.730. The van der Waals surface area contributed by atoms with E-state index in [1.807, 2.05) is 48.5 Å². The van der Waals surface area contributed by atoms with E-state index in [1.165, 1.54) is 11.8 Å².